The Morgan fingerprint density at radius 1 is 1.42 bits per heavy atom. The summed E-state index contributed by atoms with van der Waals surface area (Å²) in [6.07, 6.45) is 2.12. The first-order valence-corrected chi connectivity index (χ1v) is 11.3. The van der Waals surface area contributed by atoms with Gasteiger partial charge in [0.2, 0.25) is 5.91 Å². The van der Waals surface area contributed by atoms with Crippen molar-refractivity contribution in [2.75, 3.05) is 25.5 Å². The van der Waals surface area contributed by atoms with E-state index in [0.717, 1.165) is 36.6 Å². The standard InChI is InChI=1S/C21H26N6O3S/c1-3-29-15-8-6-14(7-9-15)27-19(22)18-13(2)25-26-20(18)24-21(27)31-12-17(28)23-11-16-5-4-10-30-16/h6-9,16,22H,3-5,10-12H2,1-2H3,(H,23,28)(H,25,26). The maximum Gasteiger partial charge on any atom is 0.230 e. The van der Waals surface area contributed by atoms with Gasteiger partial charge in [0, 0.05) is 24.5 Å². The molecule has 31 heavy (non-hydrogen) atoms. The maximum atomic E-state index is 12.4. The van der Waals surface area contributed by atoms with Gasteiger partial charge in [0.25, 0.3) is 0 Å². The summed E-state index contributed by atoms with van der Waals surface area (Å²) in [6, 6.07) is 7.49. The fraction of sp³-hybridized carbons (Fsp3) is 0.429. The van der Waals surface area contributed by atoms with Crippen LogP contribution in [0.25, 0.3) is 16.7 Å². The molecule has 1 amide bonds. The van der Waals surface area contributed by atoms with Crippen molar-refractivity contribution in [3.05, 3.63) is 35.4 Å². The van der Waals surface area contributed by atoms with E-state index in [-0.39, 0.29) is 23.3 Å². The van der Waals surface area contributed by atoms with Gasteiger partial charge < -0.3 is 14.8 Å². The topological polar surface area (TPSA) is 118 Å². The van der Waals surface area contributed by atoms with Crippen molar-refractivity contribution in [2.45, 2.75) is 37.9 Å². The zero-order valence-electron chi connectivity index (χ0n) is 17.6. The molecule has 0 bridgehead atoms. The molecule has 4 rings (SSSR count). The number of hydrogen-bond acceptors (Lipinski definition) is 7. The second-order valence-electron chi connectivity index (χ2n) is 7.28. The molecule has 0 spiro atoms. The summed E-state index contributed by atoms with van der Waals surface area (Å²) in [5.74, 6) is 0.852. The Kier molecular flexibility index (Phi) is 6.57. The lowest BCUT2D eigenvalue weighted by molar-refractivity contribution is -0.119. The number of carbonyl (C=O) groups excluding carboxylic acids is 1. The third kappa shape index (κ3) is 4.75. The molecular weight excluding hydrogens is 416 g/mol. The molecule has 1 fully saturated rings. The highest BCUT2D eigenvalue weighted by atomic mass is 32.2. The minimum absolute atomic E-state index is 0.0922. The van der Waals surface area contributed by atoms with Crippen molar-refractivity contribution in [2.24, 2.45) is 0 Å². The average molecular weight is 443 g/mol. The van der Waals surface area contributed by atoms with Crippen LogP contribution in [-0.2, 0) is 9.53 Å². The smallest absolute Gasteiger partial charge is 0.230 e. The number of aromatic amines is 1. The van der Waals surface area contributed by atoms with E-state index in [2.05, 4.69) is 20.5 Å². The molecule has 2 aromatic heterocycles. The van der Waals surface area contributed by atoms with Crippen molar-refractivity contribution in [3.8, 4) is 11.4 Å². The molecule has 10 heteroatoms. The van der Waals surface area contributed by atoms with E-state index in [1.165, 1.54) is 11.8 Å². The van der Waals surface area contributed by atoms with Gasteiger partial charge >= 0.3 is 0 Å². The summed E-state index contributed by atoms with van der Waals surface area (Å²) in [5.41, 5.74) is 2.28. The Morgan fingerprint density at radius 2 is 2.23 bits per heavy atom. The van der Waals surface area contributed by atoms with E-state index in [0.29, 0.717) is 29.3 Å². The zero-order chi connectivity index (χ0) is 21.8. The van der Waals surface area contributed by atoms with Crippen molar-refractivity contribution in [1.82, 2.24) is 25.1 Å². The molecule has 3 N–H and O–H groups in total. The second-order valence-corrected chi connectivity index (χ2v) is 8.22. The fourth-order valence-electron chi connectivity index (χ4n) is 3.54. The number of benzene rings is 1. The Bertz CT molecular complexity index is 1120. The van der Waals surface area contributed by atoms with E-state index in [1.807, 2.05) is 38.1 Å². The number of aryl methyl sites for hydroxylation is 1. The lowest BCUT2D eigenvalue weighted by Crippen LogP contribution is -2.33. The Balaban J connectivity index is 1.59. The number of carbonyl (C=O) groups is 1. The highest BCUT2D eigenvalue weighted by Gasteiger charge is 2.18. The molecular formula is C21H26N6O3S. The summed E-state index contributed by atoms with van der Waals surface area (Å²) in [6.45, 7) is 5.66. The van der Waals surface area contributed by atoms with E-state index in [4.69, 9.17) is 14.9 Å². The van der Waals surface area contributed by atoms with Gasteiger partial charge in [-0.3, -0.25) is 19.9 Å². The van der Waals surface area contributed by atoms with Crippen LogP contribution in [0.2, 0.25) is 0 Å². The molecule has 0 aliphatic carbocycles. The highest BCUT2D eigenvalue weighted by molar-refractivity contribution is 7.99. The Labute approximate surface area is 184 Å². The molecule has 164 valence electrons. The van der Waals surface area contributed by atoms with Crippen LogP contribution < -0.4 is 15.5 Å². The van der Waals surface area contributed by atoms with Crippen LogP contribution in [0, 0.1) is 12.3 Å². The minimum atomic E-state index is -0.0922. The molecule has 1 aliphatic rings. The largest absolute Gasteiger partial charge is 0.494 e. The number of H-pyrrole nitrogens is 1. The maximum absolute atomic E-state index is 12.4. The van der Waals surface area contributed by atoms with Crippen LogP contribution in [0.4, 0.5) is 0 Å². The predicted octanol–water partition coefficient (Wildman–Crippen LogP) is 2.32. The van der Waals surface area contributed by atoms with Crippen molar-refractivity contribution >= 4 is 28.7 Å². The van der Waals surface area contributed by atoms with Crippen molar-refractivity contribution in [1.29, 1.82) is 5.41 Å². The number of nitrogens with zero attached hydrogens (tertiary/aromatic N) is 3. The predicted molar refractivity (Wildman–Crippen MR) is 118 cm³/mol. The van der Waals surface area contributed by atoms with Gasteiger partial charge in [0.05, 0.1) is 23.8 Å². The summed E-state index contributed by atoms with van der Waals surface area (Å²) in [7, 11) is 0. The van der Waals surface area contributed by atoms with E-state index in [1.54, 1.807) is 4.57 Å². The summed E-state index contributed by atoms with van der Waals surface area (Å²) in [4.78, 5) is 17.0. The first-order valence-electron chi connectivity index (χ1n) is 10.3. The van der Waals surface area contributed by atoms with Crippen molar-refractivity contribution < 1.29 is 14.3 Å². The molecule has 0 saturated carbocycles. The quantitative estimate of drug-likeness (QED) is 0.364. The first kappa shape index (κ1) is 21.4. The molecule has 1 aromatic carbocycles. The minimum Gasteiger partial charge on any atom is -0.494 e. The number of aromatic nitrogens is 4. The van der Waals surface area contributed by atoms with E-state index < -0.39 is 0 Å². The van der Waals surface area contributed by atoms with Gasteiger partial charge in [-0.2, -0.15) is 5.10 Å². The third-order valence-corrected chi connectivity index (χ3v) is 6.01. The summed E-state index contributed by atoms with van der Waals surface area (Å²) < 4.78 is 12.8. The van der Waals surface area contributed by atoms with Crippen LogP contribution in [0.1, 0.15) is 25.5 Å². The van der Waals surface area contributed by atoms with E-state index in [9.17, 15) is 4.79 Å². The van der Waals surface area contributed by atoms with Gasteiger partial charge in [0.15, 0.2) is 10.8 Å². The molecule has 1 saturated heterocycles. The van der Waals surface area contributed by atoms with Crippen LogP contribution in [0.5, 0.6) is 5.75 Å². The Hall–Kier alpha value is -2.85. The highest BCUT2D eigenvalue weighted by Crippen LogP contribution is 2.23. The fourth-order valence-corrected chi connectivity index (χ4v) is 4.38. The normalized spacial score (nSPS) is 16.0. The van der Waals surface area contributed by atoms with E-state index >= 15 is 0 Å². The van der Waals surface area contributed by atoms with Crippen LogP contribution in [-0.4, -0.2) is 57.3 Å². The lowest BCUT2D eigenvalue weighted by atomic mass is 10.2. The molecule has 1 unspecified atom stereocenters. The van der Waals surface area contributed by atoms with Gasteiger partial charge in [0.1, 0.15) is 11.2 Å². The molecule has 1 aliphatic heterocycles. The number of hydrogen-bond donors (Lipinski definition) is 3. The SMILES string of the molecule is CCOc1ccc(-n2c(SCC(=O)NCC3CCCO3)nc3n[nH]c(C)c3c2=N)cc1. The first-order chi connectivity index (χ1) is 15.1. The molecule has 3 aromatic rings. The van der Waals surface area contributed by atoms with Crippen molar-refractivity contribution in [3.63, 3.8) is 0 Å². The zero-order valence-corrected chi connectivity index (χ0v) is 18.4. The lowest BCUT2D eigenvalue weighted by Gasteiger charge is -2.14. The number of ether oxygens (including phenoxy) is 2. The number of rotatable bonds is 8. The van der Waals surface area contributed by atoms with Crippen LogP contribution in [0.3, 0.4) is 0 Å². The van der Waals surface area contributed by atoms with Crippen LogP contribution >= 0.6 is 11.8 Å². The third-order valence-electron chi connectivity index (χ3n) is 5.07. The molecule has 9 nitrogen and oxygen atoms in total. The molecule has 0 radical (unpaired) electrons. The number of nitrogens with one attached hydrogen (secondary N) is 3. The van der Waals surface area contributed by atoms with Gasteiger partial charge in [-0.1, -0.05) is 11.8 Å². The Morgan fingerprint density at radius 3 is 2.94 bits per heavy atom. The van der Waals surface area contributed by atoms with Gasteiger partial charge in [-0.25, -0.2) is 4.98 Å². The number of thioether (sulfide) groups is 1. The molecule has 1 atom stereocenters. The number of fused-ring (bicyclic) bond motifs is 1. The van der Waals surface area contributed by atoms with Crippen LogP contribution in [0.15, 0.2) is 29.4 Å². The molecule has 3 heterocycles. The summed E-state index contributed by atoms with van der Waals surface area (Å²) in [5, 5.41) is 20.0. The van der Waals surface area contributed by atoms with Gasteiger partial charge in [-0.05, 0) is 51.0 Å². The summed E-state index contributed by atoms with van der Waals surface area (Å²) >= 11 is 1.28. The monoisotopic (exact) mass is 442 g/mol. The average Bonchev–Trinajstić information content (AvgIpc) is 3.42. The van der Waals surface area contributed by atoms with Gasteiger partial charge in [-0.15, -0.1) is 0 Å². The second kappa shape index (κ2) is 9.52. The number of amides is 1.